The Morgan fingerprint density at radius 2 is 2.39 bits per heavy atom. The van der Waals surface area contributed by atoms with Gasteiger partial charge in [-0.1, -0.05) is 12.1 Å². The van der Waals surface area contributed by atoms with Gasteiger partial charge in [0.1, 0.15) is 0 Å². The first-order chi connectivity index (χ1) is 8.69. The fourth-order valence-electron chi connectivity index (χ4n) is 1.17. The minimum Gasteiger partial charge on any atom is -0.504 e. The molecule has 0 amide bonds. The van der Waals surface area contributed by atoms with Crippen LogP contribution < -0.4 is 15.5 Å². The number of rotatable bonds is 5. The SMILES string of the molecule is C=CCNC(=S)N/N=C/c1cccc(OC)c1O. The Morgan fingerprint density at radius 3 is 3.06 bits per heavy atom. The lowest BCUT2D eigenvalue weighted by molar-refractivity contribution is 0.373. The molecular formula is C12H15N3O2S. The summed E-state index contributed by atoms with van der Waals surface area (Å²) in [7, 11) is 1.49. The third kappa shape index (κ3) is 4.06. The molecule has 0 aliphatic heterocycles. The molecule has 0 aliphatic carbocycles. The second-order valence-electron chi connectivity index (χ2n) is 3.27. The molecule has 0 saturated heterocycles. The minimum atomic E-state index is 0.0375. The molecule has 0 heterocycles. The van der Waals surface area contributed by atoms with E-state index in [1.54, 1.807) is 24.3 Å². The summed E-state index contributed by atoms with van der Waals surface area (Å²) < 4.78 is 4.98. The third-order valence-electron chi connectivity index (χ3n) is 2.03. The lowest BCUT2D eigenvalue weighted by Gasteiger charge is -2.06. The summed E-state index contributed by atoms with van der Waals surface area (Å²) >= 11 is 4.95. The Hall–Kier alpha value is -2.08. The van der Waals surface area contributed by atoms with Crippen molar-refractivity contribution >= 4 is 23.5 Å². The van der Waals surface area contributed by atoms with Crippen LogP contribution >= 0.6 is 12.2 Å². The normalized spacial score (nSPS) is 10.1. The molecule has 0 atom stereocenters. The molecule has 0 unspecified atom stereocenters. The number of nitrogens with zero attached hydrogens (tertiary/aromatic N) is 1. The monoisotopic (exact) mass is 265 g/mol. The van der Waals surface area contributed by atoms with Crippen LogP contribution in [0.1, 0.15) is 5.56 Å². The van der Waals surface area contributed by atoms with Crippen molar-refractivity contribution in [3.8, 4) is 11.5 Å². The summed E-state index contributed by atoms with van der Waals surface area (Å²) in [6.45, 7) is 4.12. The van der Waals surface area contributed by atoms with Crippen molar-refractivity contribution in [1.29, 1.82) is 0 Å². The van der Waals surface area contributed by atoms with Gasteiger partial charge in [0.15, 0.2) is 16.6 Å². The second-order valence-corrected chi connectivity index (χ2v) is 3.68. The van der Waals surface area contributed by atoms with Gasteiger partial charge in [0.25, 0.3) is 0 Å². The standard InChI is InChI=1S/C12H15N3O2S/c1-3-7-13-12(18)15-14-8-9-5-4-6-10(17-2)11(9)16/h3-6,8,16H,1,7H2,2H3,(H2,13,15,18)/b14-8+. The minimum absolute atomic E-state index is 0.0375. The van der Waals surface area contributed by atoms with Gasteiger partial charge >= 0.3 is 0 Å². The highest BCUT2D eigenvalue weighted by Gasteiger charge is 2.04. The molecule has 1 aromatic rings. The van der Waals surface area contributed by atoms with Gasteiger partial charge in [-0.3, -0.25) is 5.43 Å². The van der Waals surface area contributed by atoms with Gasteiger partial charge in [-0.15, -0.1) is 6.58 Å². The molecule has 0 saturated carbocycles. The van der Waals surface area contributed by atoms with E-state index in [2.05, 4.69) is 22.4 Å². The number of benzene rings is 1. The summed E-state index contributed by atoms with van der Waals surface area (Å²) in [6, 6.07) is 5.13. The van der Waals surface area contributed by atoms with Crippen LogP contribution in [-0.2, 0) is 0 Å². The maximum absolute atomic E-state index is 9.79. The molecule has 18 heavy (non-hydrogen) atoms. The molecule has 1 aromatic carbocycles. The van der Waals surface area contributed by atoms with Crippen LogP contribution in [-0.4, -0.2) is 30.1 Å². The zero-order chi connectivity index (χ0) is 13.4. The molecule has 0 fully saturated rings. The van der Waals surface area contributed by atoms with E-state index in [1.165, 1.54) is 13.3 Å². The maximum Gasteiger partial charge on any atom is 0.187 e. The molecular weight excluding hydrogens is 250 g/mol. The Morgan fingerprint density at radius 1 is 1.61 bits per heavy atom. The highest BCUT2D eigenvalue weighted by Crippen LogP contribution is 2.27. The topological polar surface area (TPSA) is 65.9 Å². The number of aromatic hydroxyl groups is 1. The molecule has 0 spiro atoms. The van der Waals surface area contributed by atoms with Gasteiger partial charge in [-0.25, -0.2) is 0 Å². The first-order valence-corrected chi connectivity index (χ1v) is 5.63. The van der Waals surface area contributed by atoms with E-state index in [9.17, 15) is 5.11 Å². The zero-order valence-electron chi connectivity index (χ0n) is 10.0. The van der Waals surface area contributed by atoms with E-state index in [-0.39, 0.29) is 5.75 Å². The highest BCUT2D eigenvalue weighted by molar-refractivity contribution is 7.80. The predicted molar refractivity (Wildman–Crippen MR) is 76.2 cm³/mol. The number of ether oxygens (including phenoxy) is 1. The number of thiocarbonyl (C=S) groups is 1. The second kappa shape index (κ2) is 7.29. The lowest BCUT2D eigenvalue weighted by atomic mass is 10.2. The van der Waals surface area contributed by atoms with Crippen molar-refractivity contribution in [3.63, 3.8) is 0 Å². The van der Waals surface area contributed by atoms with Crippen LogP contribution in [0.5, 0.6) is 11.5 Å². The number of methoxy groups -OCH3 is 1. The molecule has 3 N–H and O–H groups in total. The average Bonchev–Trinajstić information content (AvgIpc) is 2.38. The van der Waals surface area contributed by atoms with Gasteiger partial charge < -0.3 is 15.2 Å². The summed E-state index contributed by atoms with van der Waals surface area (Å²) in [4.78, 5) is 0. The van der Waals surface area contributed by atoms with Gasteiger partial charge in [-0.05, 0) is 24.4 Å². The fourth-order valence-corrected chi connectivity index (χ4v) is 1.31. The van der Waals surface area contributed by atoms with Crippen LogP contribution in [0.25, 0.3) is 0 Å². The Kier molecular flexibility index (Phi) is 5.66. The van der Waals surface area contributed by atoms with Gasteiger partial charge in [-0.2, -0.15) is 5.10 Å². The highest BCUT2D eigenvalue weighted by atomic mass is 32.1. The number of phenolic OH excluding ortho intramolecular Hbond substituents is 1. The summed E-state index contributed by atoms with van der Waals surface area (Å²) in [5.41, 5.74) is 3.16. The van der Waals surface area contributed by atoms with E-state index in [1.807, 2.05) is 0 Å². The van der Waals surface area contributed by atoms with Crippen LogP contribution in [0.4, 0.5) is 0 Å². The Labute approximate surface area is 111 Å². The van der Waals surface area contributed by atoms with Crippen molar-refractivity contribution in [2.45, 2.75) is 0 Å². The molecule has 1 rings (SSSR count). The number of nitrogens with one attached hydrogen (secondary N) is 2. The van der Waals surface area contributed by atoms with Crippen molar-refractivity contribution in [2.24, 2.45) is 5.10 Å². The van der Waals surface area contributed by atoms with E-state index < -0.39 is 0 Å². The van der Waals surface area contributed by atoms with E-state index in [0.29, 0.717) is 23.0 Å². The number of hydrogen-bond acceptors (Lipinski definition) is 4. The van der Waals surface area contributed by atoms with Crippen molar-refractivity contribution < 1.29 is 9.84 Å². The Balaban J connectivity index is 2.62. The number of hydrogen-bond donors (Lipinski definition) is 3. The maximum atomic E-state index is 9.79. The largest absolute Gasteiger partial charge is 0.504 e. The van der Waals surface area contributed by atoms with Crippen LogP contribution in [0, 0.1) is 0 Å². The quantitative estimate of drug-likeness (QED) is 0.325. The number of phenols is 1. The smallest absolute Gasteiger partial charge is 0.187 e. The van der Waals surface area contributed by atoms with Crippen molar-refractivity contribution in [3.05, 3.63) is 36.4 Å². The number of para-hydroxylation sites is 1. The van der Waals surface area contributed by atoms with E-state index in [0.717, 1.165) is 0 Å². The van der Waals surface area contributed by atoms with Crippen molar-refractivity contribution in [1.82, 2.24) is 10.7 Å². The first-order valence-electron chi connectivity index (χ1n) is 5.22. The Bertz CT molecular complexity index is 461. The predicted octanol–water partition coefficient (Wildman–Crippen LogP) is 1.38. The summed E-state index contributed by atoms with van der Waals surface area (Å²) in [6.07, 6.45) is 3.14. The average molecular weight is 265 g/mol. The number of hydrazone groups is 1. The van der Waals surface area contributed by atoms with Gasteiger partial charge in [0, 0.05) is 12.1 Å². The van der Waals surface area contributed by atoms with Crippen LogP contribution in [0.3, 0.4) is 0 Å². The van der Waals surface area contributed by atoms with Gasteiger partial charge in [0.05, 0.1) is 13.3 Å². The molecule has 6 heteroatoms. The van der Waals surface area contributed by atoms with E-state index in [4.69, 9.17) is 17.0 Å². The lowest BCUT2D eigenvalue weighted by Crippen LogP contribution is -2.31. The van der Waals surface area contributed by atoms with Crippen LogP contribution in [0.15, 0.2) is 36.0 Å². The molecule has 5 nitrogen and oxygen atoms in total. The molecule has 0 aliphatic rings. The van der Waals surface area contributed by atoms with Crippen LogP contribution in [0.2, 0.25) is 0 Å². The molecule has 0 aromatic heterocycles. The van der Waals surface area contributed by atoms with E-state index >= 15 is 0 Å². The third-order valence-corrected chi connectivity index (χ3v) is 2.26. The zero-order valence-corrected chi connectivity index (χ0v) is 10.8. The molecule has 0 radical (unpaired) electrons. The molecule has 96 valence electrons. The molecule has 0 bridgehead atoms. The van der Waals surface area contributed by atoms with Crippen molar-refractivity contribution in [2.75, 3.05) is 13.7 Å². The first kappa shape index (κ1) is 14.0. The summed E-state index contributed by atoms with van der Waals surface area (Å²) in [5.74, 6) is 0.432. The summed E-state index contributed by atoms with van der Waals surface area (Å²) in [5, 5.41) is 16.9. The van der Waals surface area contributed by atoms with Gasteiger partial charge in [0.2, 0.25) is 0 Å². The fraction of sp³-hybridized carbons (Fsp3) is 0.167.